The minimum atomic E-state index is -0.832. The summed E-state index contributed by atoms with van der Waals surface area (Å²) in [7, 11) is 0. The van der Waals surface area contributed by atoms with Gasteiger partial charge < -0.3 is 9.84 Å². The molecule has 0 radical (unpaired) electrons. The van der Waals surface area contributed by atoms with Crippen LogP contribution in [0.1, 0.15) is 25.1 Å². The number of aliphatic hydroxyl groups is 1. The number of nitro groups is 1. The molecule has 1 N–H and O–H groups in total. The minimum Gasteiger partial charge on any atom is -0.445 e. The first kappa shape index (κ1) is 14.9. The lowest BCUT2D eigenvalue weighted by Gasteiger charge is -2.09. The van der Waals surface area contributed by atoms with E-state index in [4.69, 9.17) is 4.74 Å². The zero-order valence-corrected chi connectivity index (χ0v) is 11.2. The number of ether oxygens (including phenoxy) is 1. The number of hydrogen-bond donors (Lipinski definition) is 1. The minimum absolute atomic E-state index is 0.148. The van der Waals surface area contributed by atoms with Crippen LogP contribution in [-0.4, -0.2) is 15.0 Å². The van der Waals surface area contributed by atoms with Crippen LogP contribution in [0.5, 0.6) is 11.5 Å². The van der Waals surface area contributed by atoms with Gasteiger partial charge in [-0.2, -0.15) is 0 Å². The van der Waals surface area contributed by atoms with Gasteiger partial charge >= 0.3 is 5.69 Å². The third-order valence-electron chi connectivity index (χ3n) is 2.85. The van der Waals surface area contributed by atoms with Crippen molar-refractivity contribution < 1.29 is 19.2 Å². The number of para-hydroxylation sites is 1. The largest absolute Gasteiger partial charge is 0.445 e. The Balaban J connectivity index is 2.28. The molecule has 7 heteroatoms. The SMILES string of the molecule is CC[C@@H](O)c1ccc(Oc2c(F)cccc2[N+](=O)[O-])cn1. The summed E-state index contributed by atoms with van der Waals surface area (Å²) in [5, 5.41) is 20.5. The summed E-state index contributed by atoms with van der Waals surface area (Å²) >= 11 is 0. The normalized spacial score (nSPS) is 12.0. The van der Waals surface area contributed by atoms with Gasteiger partial charge in [-0.05, 0) is 24.6 Å². The van der Waals surface area contributed by atoms with Crippen LogP contribution in [0.15, 0.2) is 36.5 Å². The number of pyridine rings is 1. The van der Waals surface area contributed by atoms with Crippen molar-refractivity contribution in [3.63, 3.8) is 0 Å². The van der Waals surface area contributed by atoms with E-state index in [1.165, 1.54) is 24.4 Å². The van der Waals surface area contributed by atoms with Crippen molar-refractivity contribution in [2.45, 2.75) is 19.4 Å². The van der Waals surface area contributed by atoms with Crippen LogP contribution in [0.25, 0.3) is 0 Å². The molecule has 1 aromatic heterocycles. The van der Waals surface area contributed by atoms with Crippen LogP contribution >= 0.6 is 0 Å². The Labute approximate surface area is 120 Å². The molecule has 110 valence electrons. The van der Waals surface area contributed by atoms with Crippen molar-refractivity contribution in [3.8, 4) is 11.5 Å². The molecule has 2 aromatic rings. The van der Waals surface area contributed by atoms with E-state index in [1.807, 2.05) is 0 Å². The number of hydrogen-bond acceptors (Lipinski definition) is 5. The average Bonchev–Trinajstić information content (AvgIpc) is 2.49. The molecule has 1 heterocycles. The third-order valence-corrected chi connectivity index (χ3v) is 2.85. The highest BCUT2D eigenvalue weighted by Gasteiger charge is 2.20. The summed E-state index contributed by atoms with van der Waals surface area (Å²) in [6.07, 6.45) is 1.10. The Bertz CT molecular complexity index is 646. The molecule has 6 nitrogen and oxygen atoms in total. The first-order valence-corrected chi connectivity index (χ1v) is 6.27. The Morgan fingerprint density at radius 3 is 2.76 bits per heavy atom. The molecule has 0 saturated heterocycles. The molecule has 0 unspecified atom stereocenters. The smallest absolute Gasteiger partial charge is 0.314 e. The van der Waals surface area contributed by atoms with E-state index in [2.05, 4.69) is 4.98 Å². The Morgan fingerprint density at radius 2 is 2.19 bits per heavy atom. The van der Waals surface area contributed by atoms with Crippen LogP contribution in [0.4, 0.5) is 10.1 Å². The maximum absolute atomic E-state index is 13.7. The molecular formula is C14H13FN2O4. The van der Waals surface area contributed by atoms with E-state index in [1.54, 1.807) is 6.92 Å². The Morgan fingerprint density at radius 1 is 1.43 bits per heavy atom. The summed E-state index contributed by atoms with van der Waals surface area (Å²) in [6.45, 7) is 1.81. The maximum atomic E-state index is 13.7. The summed E-state index contributed by atoms with van der Waals surface area (Å²) in [5.41, 5.74) is -0.0134. The molecule has 0 spiro atoms. The summed E-state index contributed by atoms with van der Waals surface area (Å²) in [4.78, 5) is 14.1. The van der Waals surface area contributed by atoms with E-state index in [0.717, 1.165) is 12.1 Å². The molecule has 21 heavy (non-hydrogen) atoms. The molecule has 0 aliphatic heterocycles. The standard InChI is InChI=1S/C14H13FN2O4/c1-2-13(18)11-7-6-9(8-16-11)21-14-10(15)4-3-5-12(14)17(19)20/h3-8,13,18H,2H2,1H3/t13-/m1/s1. The quantitative estimate of drug-likeness (QED) is 0.674. The second-order valence-electron chi connectivity index (χ2n) is 4.29. The van der Waals surface area contributed by atoms with Gasteiger partial charge in [0.1, 0.15) is 5.75 Å². The zero-order chi connectivity index (χ0) is 15.4. The lowest BCUT2D eigenvalue weighted by atomic mass is 10.2. The van der Waals surface area contributed by atoms with Crippen LogP contribution in [0.3, 0.4) is 0 Å². The summed E-state index contributed by atoms with van der Waals surface area (Å²) in [6, 6.07) is 6.46. The van der Waals surface area contributed by atoms with Crippen molar-refractivity contribution in [2.24, 2.45) is 0 Å². The molecule has 1 aromatic carbocycles. The topological polar surface area (TPSA) is 85.5 Å². The van der Waals surface area contributed by atoms with Gasteiger partial charge in [0, 0.05) is 6.07 Å². The molecular weight excluding hydrogens is 279 g/mol. The second-order valence-corrected chi connectivity index (χ2v) is 4.29. The van der Waals surface area contributed by atoms with Crippen LogP contribution in [0, 0.1) is 15.9 Å². The molecule has 0 fully saturated rings. The van der Waals surface area contributed by atoms with Gasteiger partial charge in [0.15, 0.2) is 5.82 Å². The number of aliphatic hydroxyl groups excluding tert-OH is 1. The average molecular weight is 292 g/mol. The van der Waals surface area contributed by atoms with E-state index < -0.39 is 28.3 Å². The second kappa shape index (κ2) is 6.27. The third kappa shape index (κ3) is 3.32. The predicted octanol–water partition coefficient (Wildman–Crippen LogP) is 3.36. The fourth-order valence-corrected chi connectivity index (χ4v) is 1.72. The van der Waals surface area contributed by atoms with E-state index in [9.17, 15) is 19.6 Å². The Kier molecular flexibility index (Phi) is 4.44. The van der Waals surface area contributed by atoms with Crippen molar-refractivity contribution in [2.75, 3.05) is 0 Å². The van der Waals surface area contributed by atoms with Crippen LogP contribution in [-0.2, 0) is 0 Å². The predicted molar refractivity (Wildman–Crippen MR) is 72.6 cm³/mol. The van der Waals surface area contributed by atoms with Gasteiger partial charge in [0.05, 0.1) is 22.9 Å². The molecule has 0 aliphatic carbocycles. The molecule has 1 atom stereocenters. The lowest BCUT2D eigenvalue weighted by Crippen LogP contribution is -1.99. The molecule has 0 amide bonds. The highest BCUT2D eigenvalue weighted by Crippen LogP contribution is 2.33. The number of nitro benzene ring substituents is 1. The fourth-order valence-electron chi connectivity index (χ4n) is 1.72. The summed E-state index contributed by atoms with van der Waals surface area (Å²) in [5.74, 6) is -1.15. The first-order chi connectivity index (χ1) is 10.0. The van der Waals surface area contributed by atoms with Crippen LogP contribution in [0.2, 0.25) is 0 Å². The molecule has 0 bridgehead atoms. The fraction of sp³-hybridized carbons (Fsp3) is 0.214. The van der Waals surface area contributed by atoms with Crippen molar-refractivity contribution in [1.82, 2.24) is 4.98 Å². The molecule has 0 aliphatic rings. The zero-order valence-electron chi connectivity index (χ0n) is 11.2. The highest BCUT2D eigenvalue weighted by atomic mass is 19.1. The maximum Gasteiger partial charge on any atom is 0.314 e. The van der Waals surface area contributed by atoms with Gasteiger partial charge in [-0.15, -0.1) is 0 Å². The van der Waals surface area contributed by atoms with E-state index in [-0.39, 0.29) is 5.75 Å². The van der Waals surface area contributed by atoms with Gasteiger partial charge in [-0.3, -0.25) is 15.1 Å². The molecule has 0 saturated carbocycles. The number of rotatable bonds is 5. The van der Waals surface area contributed by atoms with Gasteiger partial charge in [0.2, 0.25) is 5.75 Å². The van der Waals surface area contributed by atoms with E-state index in [0.29, 0.717) is 12.1 Å². The van der Waals surface area contributed by atoms with Crippen molar-refractivity contribution in [3.05, 3.63) is 58.2 Å². The lowest BCUT2D eigenvalue weighted by molar-refractivity contribution is -0.385. The van der Waals surface area contributed by atoms with Gasteiger partial charge in [0.25, 0.3) is 0 Å². The number of benzene rings is 1. The van der Waals surface area contributed by atoms with Gasteiger partial charge in [-0.1, -0.05) is 13.0 Å². The first-order valence-electron chi connectivity index (χ1n) is 6.27. The van der Waals surface area contributed by atoms with Gasteiger partial charge in [-0.25, -0.2) is 4.39 Å². The Hall–Kier alpha value is -2.54. The highest BCUT2D eigenvalue weighted by molar-refractivity contribution is 5.49. The van der Waals surface area contributed by atoms with Crippen LogP contribution < -0.4 is 4.74 Å². The monoisotopic (exact) mass is 292 g/mol. The molecule has 2 rings (SSSR count). The van der Waals surface area contributed by atoms with Crippen molar-refractivity contribution in [1.29, 1.82) is 0 Å². The van der Waals surface area contributed by atoms with Crippen molar-refractivity contribution >= 4 is 5.69 Å². The number of aromatic nitrogens is 1. The summed E-state index contributed by atoms with van der Waals surface area (Å²) < 4.78 is 18.9. The number of nitrogens with zero attached hydrogens (tertiary/aromatic N) is 2. The number of halogens is 1. The van der Waals surface area contributed by atoms with E-state index >= 15 is 0 Å².